The van der Waals surface area contributed by atoms with E-state index in [1.807, 2.05) is 30.3 Å². The molecule has 0 saturated carbocycles. The van der Waals surface area contributed by atoms with E-state index in [-0.39, 0.29) is 11.9 Å². The molecule has 5 rings (SSSR count). The molecule has 126 valence electrons. The van der Waals surface area contributed by atoms with Gasteiger partial charge in [-0.1, -0.05) is 12.1 Å². The highest BCUT2D eigenvalue weighted by Gasteiger charge is 2.35. The number of piperidine rings is 3. The maximum absolute atomic E-state index is 12.5. The van der Waals surface area contributed by atoms with Crippen LogP contribution in [0.25, 0.3) is 11.3 Å². The van der Waals surface area contributed by atoms with Crippen LogP contribution in [0.5, 0.6) is 5.75 Å². The first-order valence-electron chi connectivity index (χ1n) is 8.50. The summed E-state index contributed by atoms with van der Waals surface area (Å²) in [7, 11) is 1.63. The zero-order chi connectivity index (χ0) is 16.5. The summed E-state index contributed by atoms with van der Waals surface area (Å²) in [5.74, 6) is 2.29. The number of fused-ring (bicyclic) bond motifs is 3. The van der Waals surface area contributed by atoms with Crippen LogP contribution < -0.4 is 10.1 Å². The fraction of sp³-hybridized carbons (Fsp3) is 0.421. The molecule has 3 aliphatic heterocycles. The van der Waals surface area contributed by atoms with Gasteiger partial charge < -0.3 is 19.4 Å². The van der Waals surface area contributed by atoms with Crippen LogP contribution >= 0.6 is 0 Å². The number of rotatable bonds is 4. The molecule has 1 unspecified atom stereocenters. The van der Waals surface area contributed by atoms with Crippen LogP contribution in [0.1, 0.15) is 23.4 Å². The first kappa shape index (κ1) is 15.3. The van der Waals surface area contributed by atoms with Crippen molar-refractivity contribution in [3.8, 4) is 17.1 Å². The number of carbonyl (C=O) groups excluding carboxylic acids is 1. The molecule has 1 N–H and O–H groups in total. The maximum Gasteiger partial charge on any atom is 0.287 e. The van der Waals surface area contributed by atoms with E-state index in [1.54, 1.807) is 13.2 Å². The van der Waals surface area contributed by atoms with Crippen molar-refractivity contribution >= 4 is 5.91 Å². The Morgan fingerprint density at radius 2 is 2.08 bits per heavy atom. The van der Waals surface area contributed by atoms with Gasteiger partial charge in [0, 0.05) is 18.2 Å². The van der Waals surface area contributed by atoms with E-state index in [0.29, 0.717) is 17.4 Å². The molecule has 0 radical (unpaired) electrons. The summed E-state index contributed by atoms with van der Waals surface area (Å²) in [4.78, 5) is 14.9. The van der Waals surface area contributed by atoms with E-state index in [0.717, 1.165) is 30.9 Å². The standard InChI is InChI=1S/C19H22N2O3/c1-23-15-4-2-3-14(11-15)17-5-6-18(24-17)19(22)20-16-12-21-9-7-13(16)8-10-21/h2-6,11,13,16H,7-10,12H2,1H3,(H,20,22). The SMILES string of the molecule is COc1cccc(-c2ccc(C(=O)NC3CN4CCC3CC4)o2)c1. The zero-order valence-corrected chi connectivity index (χ0v) is 13.8. The maximum atomic E-state index is 12.5. The lowest BCUT2D eigenvalue weighted by atomic mass is 9.84. The van der Waals surface area contributed by atoms with Gasteiger partial charge in [-0.15, -0.1) is 0 Å². The molecule has 1 aromatic heterocycles. The van der Waals surface area contributed by atoms with Crippen molar-refractivity contribution in [1.29, 1.82) is 0 Å². The minimum Gasteiger partial charge on any atom is -0.497 e. The largest absolute Gasteiger partial charge is 0.497 e. The predicted molar refractivity (Wildman–Crippen MR) is 91.1 cm³/mol. The van der Waals surface area contributed by atoms with Gasteiger partial charge in [0.1, 0.15) is 11.5 Å². The van der Waals surface area contributed by atoms with Crippen molar-refractivity contribution in [1.82, 2.24) is 10.2 Å². The molecule has 2 aromatic rings. The van der Waals surface area contributed by atoms with Gasteiger partial charge in [-0.05, 0) is 56.1 Å². The number of amides is 1. The first-order valence-corrected chi connectivity index (χ1v) is 8.50. The first-order chi connectivity index (χ1) is 11.7. The fourth-order valence-electron chi connectivity index (χ4n) is 3.76. The Morgan fingerprint density at radius 1 is 1.25 bits per heavy atom. The number of hydrogen-bond donors (Lipinski definition) is 1. The summed E-state index contributed by atoms with van der Waals surface area (Å²) in [5.41, 5.74) is 0.899. The second-order valence-electron chi connectivity index (χ2n) is 6.61. The van der Waals surface area contributed by atoms with Gasteiger partial charge in [0.2, 0.25) is 0 Å². The number of methoxy groups -OCH3 is 1. The Hall–Kier alpha value is -2.27. The van der Waals surface area contributed by atoms with Crippen molar-refractivity contribution < 1.29 is 13.9 Å². The van der Waals surface area contributed by atoms with Gasteiger partial charge in [0.25, 0.3) is 5.91 Å². The highest BCUT2D eigenvalue weighted by atomic mass is 16.5. The Bertz CT molecular complexity index is 732. The monoisotopic (exact) mass is 326 g/mol. The van der Waals surface area contributed by atoms with Crippen molar-refractivity contribution in [3.05, 3.63) is 42.2 Å². The van der Waals surface area contributed by atoms with E-state index >= 15 is 0 Å². The third-order valence-electron chi connectivity index (χ3n) is 5.16. The average molecular weight is 326 g/mol. The Kier molecular flexibility index (Phi) is 4.02. The van der Waals surface area contributed by atoms with Gasteiger partial charge in [-0.2, -0.15) is 0 Å². The molecule has 5 nitrogen and oxygen atoms in total. The average Bonchev–Trinajstić information content (AvgIpc) is 3.13. The van der Waals surface area contributed by atoms with E-state index in [9.17, 15) is 4.79 Å². The molecular weight excluding hydrogens is 304 g/mol. The lowest BCUT2D eigenvalue weighted by Crippen LogP contribution is -2.57. The number of furan rings is 1. The molecule has 0 aliphatic carbocycles. The lowest BCUT2D eigenvalue weighted by Gasteiger charge is -2.44. The molecule has 3 fully saturated rings. The van der Waals surface area contributed by atoms with E-state index in [2.05, 4.69) is 10.2 Å². The van der Waals surface area contributed by atoms with E-state index < -0.39 is 0 Å². The smallest absolute Gasteiger partial charge is 0.287 e. The van der Waals surface area contributed by atoms with Crippen molar-refractivity contribution in [2.75, 3.05) is 26.7 Å². The number of carbonyl (C=O) groups is 1. The van der Waals surface area contributed by atoms with Gasteiger partial charge in [-0.25, -0.2) is 0 Å². The summed E-state index contributed by atoms with van der Waals surface area (Å²) < 4.78 is 11.0. The zero-order valence-electron chi connectivity index (χ0n) is 13.8. The Balaban J connectivity index is 1.47. The van der Waals surface area contributed by atoms with Gasteiger partial charge in [-0.3, -0.25) is 4.79 Å². The number of ether oxygens (including phenoxy) is 1. The Labute approximate surface area is 141 Å². The fourth-order valence-corrected chi connectivity index (χ4v) is 3.76. The van der Waals surface area contributed by atoms with Crippen LogP contribution in [0.4, 0.5) is 0 Å². The molecule has 2 bridgehead atoms. The molecule has 5 heteroatoms. The van der Waals surface area contributed by atoms with Crippen LogP contribution in [0.3, 0.4) is 0 Å². The van der Waals surface area contributed by atoms with Gasteiger partial charge in [0.05, 0.1) is 7.11 Å². The van der Waals surface area contributed by atoms with Crippen LogP contribution in [0, 0.1) is 5.92 Å². The summed E-state index contributed by atoms with van der Waals surface area (Å²) in [6, 6.07) is 11.4. The minimum atomic E-state index is -0.122. The molecule has 1 amide bonds. The van der Waals surface area contributed by atoms with E-state index in [4.69, 9.17) is 9.15 Å². The number of benzene rings is 1. The number of nitrogens with zero attached hydrogens (tertiary/aromatic N) is 1. The molecule has 1 aromatic carbocycles. The molecular formula is C19H22N2O3. The quantitative estimate of drug-likeness (QED) is 0.939. The third-order valence-corrected chi connectivity index (χ3v) is 5.16. The highest BCUT2D eigenvalue weighted by molar-refractivity contribution is 5.92. The van der Waals surface area contributed by atoms with Crippen LogP contribution in [-0.2, 0) is 0 Å². The van der Waals surface area contributed by atoms with Gasteiger partial charge in [0.15, 0.2) is 5.76 Å². The van der Waals surface area contributed by atoms with Crippen molar-refractivity contribution in [3.63, 3.8) is 0 Å². The Morgan fingerprint density at radius 3 is 2.79 bits per heavy atom. The molecule has 24 heavy (non-hydrogen) atoms. The van der Waals surface area contributed by atoms with Crippen LogP contribution in [0.15, 0.2) is 40.8 Å². The van der Waals surface area contributed by atoms with E-state index in [1.165, 1.54) is 12.8 Å². The van der Waals surface area contributed by atoms with Crippen molar-refractivity contribution in [2.24, 2.45) is 5.92 Å². The normalized spacial score (nSPS) is 25.5. The minimum absolute atomic E-state index is 0.122. The molecule has 3 saturated heterocycles. The number of nitrogens with one attached hydrogen (secondary N) is 1. The lowest BCUT2D eigenvalue weighted by molar-refractivity contribution is 0.0606. The number of hydrogen-bond acceptors (Lipinski definition) is 4. The molecule has 1 atom stereocenters. The predicted octanol–water partition coefficient (Wildman–Crippen LogP) is 2.78. The van der Waals surface area contributed by atoms with Crippen LogP contribution in [0.2, 0.25) is 0 Å². The van der Waals surface area contributed by atoms with Crippen LogP contribution in [-0.4, -0.2) is 43.6 Å². The summed E-state index contributed by atoms with van der Waals surface area (Å²) in [6.45, 7) is 3.29. The second kappa shape index (κ2) is 6.32. The third kappa shape index (κ3) is 2.91. The highest BCUT2D eigenvalue weighted by Crippen LogP contribution is 2.29. The summed E-state index contributed by atoms with van der Waals surface area (Å²) in [5, 5.41) is 3.15. The second-order valence-corrected chi connectivity index (χ2v) is 6.61. The molecule has 0 spiro atoms. The summed E-state index contributed by atoms with van der Waals surface area (Å²) >= 11 is 0. The molecule has 3 aliphatic rings. The van der Waals surface area contributed by atoms with Crippen molar-refractivity contribution in [2.45, 2.75) is 18.9 Å². The summed E-state index contributed by atoms with van der Waals surface area (Å²) in [6.07, 6.45) is 2.36. The molecule has 4 heterocycles. The van der Waals surface area contributed by atoms with Gasteiger partial charge >= 0.3 is 0 Å². The topological polar surface area (TPSA) is 54.7 Å².